The smallest absolute Gasteiger partial charge is 0.261 e. The van der Waals surface area contributed by atoms with Gasteiger partial charge in [-0.05, 0) is 68.4 Å². The number of nitrogens with one attached hydrogen (secondary N) is 1. The minimum atomic E-state index is -3.90. The van der Waals surface area contributed by atoms with E-state index in [1.54, 1.807) is 54.3 Å². The number of aryl methyl sites for hydroxylation is 1. The van der Waals surface area contributed by atoms with E-state index in [4.69, 9.17) is 9.47 Å². The summed E-state index contributed by atoms with van der Waals surface area (Å²) in [4.78, 5) is 15.2. The zero-order valence-electron chi connectivity index (χ0n) is 25.4. The maximum Gasteiger partial charge on any atom is 0.261 e. The van der Waals surface area contributed by atoms with Gasteiger partial charge in [-0.1, -0.05) is 24.6 Å². The average Bonchev–Trinajstić information content (AvgIpc) is 3.04. The van der Waals surface area contributed by atoms with Gasteiger partial charge in [0.05, 0.1) is 42.5 Å². The van der Waals surface area contributed by atoms with Gasteiger partial charge in [-0.2, -0.15) is 4.31 Å². The summed E-state index contributed by atoms with van der Waals surface area (Å²) >= 11 is 0. The van der Waals surface area contributed by atoms with Crippen LogP contribution in [0.3, 0.4) is 0 Å². The Labute approximate surface area is 259 Å². The molecule has 1 aliphatic rings. The number of hydrogen-bond donors (Lipinski definition) is 2. The van der Waals surface area contributed by atoms with Crippen molar-refractivity contribution in [2.45, 2.75) is 49.1 Å². The Hall–Kier alpha value is -3.65. The van der Waals surface area contributed by atoms with Crippen LogP contribution in [0.4, 0.5) is 5.69 Å². The summed E-state index contributed by atoms with van der Waals surface area (Å²) in [5.41, 5.74) is 1.59. The number of anilines is 1. The van der Waals surface area contributed by atoms with E-state index in [9.17, 15) is 26.7 Å². The first-order valence-electron chi connectivity index (χ1n) is 14.1. The molecule has 1 heterocycles. The number of carbonyl (C=O) groups excluding carboxylic acids is 1. The van der Waals surface area contributed by atoms with Gasteiger partial charge in [-0.15, -0.1) is 0 Å². The number of fused-ring (bicyclic) bond motifs is 1. The largest absolute Gasteiger partial charge is 0.497 e. The number of aliphatic hydroxyl groups is 1. The van der Waals surface area contributed by atoms with Crippen LogP contribution in [0.1, 0.15) is 25.0 Å². The van der Waals surface area contributed by atoms with Crippen molar-refractivity contribution in [3.8, 4) is 11.5 Å². The highest BCUT2D eigenvalue weighted by atomic mass is 32.2. The van der Waals surface area contributed by atoms with Gasteiger partial charge in [-0.25, -0.2) is 16.8 Å². The molecule has 0 saturated heterocycles. The van der Waals surface area contributed by atoms with Crippen molar-refractivity contribution in [2.24, 2.45) is 5.92 Å². The lowest BCUT2D eigenvalue weighted by atomic mass is 10.0. The summed E-state index contributed by atoms with van der Waals surface area (Å²) in [5, 5.41) is 9.90. The molecule has 11 nitrogen and oxygen atoms in total. The van der Waals surface area contributed by atoms with Crippen LogP contribution < -0.4 is 14.2 Å². The minimum Gasteiger partial charge on any atom is -0.497 e. The number of carbonyl (C=O) groups is 1. The molecule has 0 saturated carbocycles. The molecular weight excluding hydrogens is 606 g/mol. The summed E-state index contributed by atoms with van der Waals surface area (Å²) in [6, 6.07) is 16.7. The molecule has 0 aromatic heterocycles. The third kappa shape index (κ3) is 7.52. The van der Waals surface area contributed by atoms with E-state index in [0.717, 1.165) is 5.56 Å². The standard InChI is InChI=1S/C31H39N3O8S2/c1-21-6-11-27(12-7-21)43(37,38)32-25-8-15-29-24(16-25)17-31(36)34(23(3)20-35)18-22(2)30(42-29)19-33(4)44(39,40)28-13-9-26(41-5)10-14-28/h6-16,22-23,30,32,35H,17-20H2,1-5H3/t22-,23-,30-/m0/s1. The SMILES string of the molecule is COc1ccc(S(=O)(=O)N(C)C[C@@H]2Oc3ccc(NS(=O)(=O)c4ccc(C)cc4)cc3CC(=O)N([C@@H](C)CO)C[C@@H]2C)cc1. The Kier molecular flexibility index (Phi) is 10.2. The predicted molar refractivity (Wildman–Crippen MR) is 167 cm³/mol. The molecule has 0 unspecified atom stereocenters. The number of amides is 1. The van der Waals surface area contributed by atoms with Crippen LogP contribution in [0.2, 0.25) is 0 Å². The Morgan fingerprint density at radius 2 is 1.68 bits per heavy atom. The first kappa shape index (κ1) is 33.2. The maximum absolute atomic E-state index is 13.5. The number of hydrogen-bond acceptors (Lipinski definition) is 8. The van der Waals surface area contributed by atoms with E-state index in [2.05, 4.69) is 4.72 Å². The average molecular weight is 646 g/mol. The lowest BCUT2D eigenvalue weighted by molar-refractivity contribution is -0.134. The van der Waals surface area contributed by atoms with Gasteiger partial charge < -0.3 is 19.5 Å². The summed E-state index contributed by atoms with van der Waals surface area (Å²) < 4.78 is 68.3. The monoisotopic (exact) mass is 645 g/mol. The Morgan fingerprint density at radius 1 is 1.05 bits per heavy atom. The minimum absolute atomic E-state index is 0.0354. The van der Waals surface area contributed by atoms with Gasteiger partial charge in [0.25, 0.3) is 10.0 Å². The van der Waals surface area contributed by atoms with E-state index >= 15 is 0 Å². The molecule has 3 aromatic rings. The van der Waals surface area contributed by atoms with E-state index < -0.39 is 32.2 Å². The summed E-state index contributed by atoms with van der Waals surface area (Å²) in [6.45, 7) is 5.36. The fourth-order valence-electron chi connectivity index (χ4n) is 4.92. The molecule has 0 bridgehead atoms. The van der Waals surface area contributed by atoms with Crippen molar-refractivity contribution in [3.63, 3.8) is 0 Å². The van der Waals surface area contributed by atoms with Crippen molar-refractivity contribution >= 4 is 31.6 Å². The van der Waals surface area contributed by atoms with Crippen LogP contribution in [0.5, 0.6) is 11.5 Å². The number of methoxy groups -OCH3 is 1. The third-order valence-corrected chi connectivity index (χ3v) is 10.9. The molecule has 0 spiro atoms. The Morgan fingerprint density at radius 3 is 2.30 bits per heavy atom. The van der Waals surface area contributed by atoms with Gasteiger partial charge >= 0.3 is 0 Å². The quantitative estimate of drug-likeness (QED) is 0.342. The molecule has 2 N–H and O–H groups in total. The van der Waals surface area contributed by atoms with Crippen molar-refractivity contribution in [3.05, 3.63) is 77.9 Å². The highest BCUT2D eigenvalue weighted by Gasteiger charge is 2.33. The third-order valence-electron chi connectivity index (χ3n) is 7.70. The number of rotatable bonds is 10. The van der Waals surface area contributed by atoms with E-state index in [0.29, 0.717) is 17.1 Å². The van der Waals surface area contributed by atoms with Crippen molar-refractivity contribution in [1.29, 1.82) is 0 Å². The molecule has 0 aliphatic carbocycles. The molecule has 1 aliphatic heterocycles. The number of likely N-dealkylation sites (N-methyl/N-ethyl adjacent to an activating group) is 1. The fraction of sp³-hybridized carbons (Fsp3) is 0.387. The van der Waals surface area contributed by atoms with Crippen LogP contribution in [-0.4, -0.2) is 83.1 Å². The van der Waals surface area contributed by atoms with E-state index in [1.165, 1.54) is 42.7 Å². The topological polar surface area (TPSA) is 143 Å². The second-order valence-corrected chi connectivity index (χ2v) is 14.8. The van der Waals surface area contributed by atoms with Crippen molar-refractivity contribution in [2.75, 3.05) is 38.6 Å². The van der Waals surface area contributed by atoms with Crippen LogP contribution in [0, 0.1) is 12.8 Å². The van der Waals surface area contributed by atoms with Crippen molar-refractivity contribution < 1.29 is 36.2 Å². The molecular formula is C31H39N3O8S2. The van der Waals surface area contributed by atoms with Gasteiger partial charge in [0.15, 0.2) is 0 Å². The lowest BCUT2D eigenvalue weighted by Gasteiger charge is -2.33. The van der Waals surface area contributed by atoms with Crippen LogP contribution in [0.15, 0.2) is 76.5 Å². The van der Waals surface area contributed by atoms with Crippen LogP contribution >= 0.6 is 0 Å². The summed E-state index contributed by atoms with van der Waals surface area (Å²) in [6.07, 6.45) is -0.805. The van der Waals surface area contributed by atoms with Gasteiger partial charge in [0, 0.05) is 30.8 Å². The zero-order valence-corrected chi connectivity index (χ0v) is 27.1. The van der Waals surface area contributed by atoms with E-state index in [1.807, 2.05) is 13.8 Å². The normalized spacial score (nSPS) is 18.4. The van der Waals surface area contributed by atoms with Gasteiger partial charge in [-0.3, -0.25) is 9.52 Å². The second kappa shape index (κ2) is 13.6. The number of ether oxygens (including phenoxy) is 2. The number of aliphatic hydroxyl groups excluding tert-OH is 1. The Bertz CT molecular complexity index is 1680. The first-order chi connectivity index (χ1) is 20.7. The molecule has 3 atom stereocenters. The summed E-state index contributed by atoms with van der Waals surface area (Å²) in [7, 11) is -4.84. The highest BCUT2D eigenvalue weighted by Crippen LogP contribution is 2.31. The van der Waals surface area contributed by atoms with Gasteiger partial charge in [0.2, 0.25) is 15.9 Å². The molecule has 0 radical (unpaired) electrons. The zero-order chi connectivity index (χ0) is 32.2. The van der Waals surface area contributed by atoms with Crippen LogP contribution in [-0.2, 0) is 31.3 Å². The number of benzene rings is 3. The first-order valence-corrected chi connectivity index (χ1v) is 17.1. The fourth-order valence-corrected chi connectivity index (χ4v) is 7.15. The molecule has 1 amide bonds. The molecule has 4 rings (SSSR count). The molecule has 238 valence electrons. The lowest BCUT2D eigenvalue weighted by Crippen LogP contribution is -2.48. The summed E-state index contributed by atoms with van der Waals surface area (Å²) in [5.74, 6) is 0.246. The highest BCUT2D eigenvalue weighted by molar-refractivity contribution is 7.92. The molecule has 0 fully saturated rings. The van der Waals surface area contributed by atoms with Gasteiger partial charge in [0.1, 0.15) is 17.6 Å². The van der Waals surface area contributed by atoms with Crippen LogP contribution in [0.25, 0.3) is 0 Å². The Balaban J connectivity index is 1.67. The molecule has 13 heteroatoms. The molecule has 3 aromatic carbocycles. The second-order valence-electron chi connectivity index (χ2n) is 11.1. The van der Waals surface area contributed by atoms with Crippen molar-refractivity contribution in [1.82, 2.24) is 9.21 Å². The van der Waals surface area contributed by atoms with E-state index in [-0.39, 0.29) is 53.4 Å². The molecule has 44 heavy (non-hydrogen) atoms. The predicted octanol–water partition coefficient (Wildman–Crippen LogP) is 3.27. The number of nitrogens with zero attached hydrogens (tertiary/aromatic N) is 2. The maximum atomic E-state index is 13.5. The number of sulfonamides is 2.